The molecule has 2 heterocycles. The summed E-state index contributed by atoms with van der Waals surface area (Å²) in [5.41, 5.74) is 4.10. The molecule has 1 saturated heterocycles. The number of nitrogens with one attached hydrogen (secondary N) is 3. The van der Waals surface area contributed by atoms with E-state index in [2.05, 4.69) is 21.0 Å². The van der Waals surface area contributed by atoms with Crippen LogP contribution in [0.1, 0.15) is 22.5 Å². The van der Waals surface area contributed by atoms with Crippen molar-refractivity contribution >= 4 is 17.5 Å². The van der Waals surface area contributed by atoms with E-state index in [9.17, 15) is 9.59 Å². The van der Waals surface area contributed by atoms with Crippen LogP contribution in [-0.2, 0) is 4.79 Å². The fraction of sp³-hybridized carbons (Fsp3) is 0.364. The molecule has 5 N–H and O–H groups in total. The SMILES string of the molecule is Cc1cc(NN)c(C(=O)NC2CNC(=O)C2)cn1. The quantitative estimate of drug-likeness (QED) is 0.418. The normalized spacial score (nSPS) is 18.3. The molecule has 2 rings (SSSR count). The molecule has 1 aliphatic heterocycles. The second kappa shape index (κ2) is 5.01. The largest absolute Gasteiger partial charge is 0.354 e. The number of carbonyl (C=O) groups excluding carboxylic acids is 2. The van der Waals surface area contributed by atoms with Crippen molar-refractivity contribution in [3.8, 4) is 0 Å². The van der Waals surface area contributed by atoms with E-state index in [1.54, 1.807) is 6.07 Å². The summed E-state index contributed by atoms with van der Waals surface area (Å²) >= 11 is 0. The van der Waals surface area contributed by atoms with E-state index in [1.165, 1.54) is 6.20 Å². The van der Waals surface area contributed by atoms with Crippen LogP contribution in [0, 0.1) is 6.92 Å². The van der Waals surface area contributed by atoms with Crippen LogP contribution in [0.15, 0.2) is 12.3 Å². The number of nitrogens with two attached hydrogens (primary N) is 1. The number of aryl methyl sites for hydroxylation is 1. The summed E-state index contributed by atoms with van der Waals surface area (Å²) in [6.45, 7) is 2.26. The zero-order valence-corrected chi connectivity index (χ0v) is 9.99. The number of rotatable bonds is 3. The molecule has 7 heteroatoms. The highest BCUT2D eigenvalue weighted by Crippen LogP contribution is 2.14. The Bertz CT molecular complexity index is 488. The molecule has 1 aliphatic rings. The fourth-order valence-corrected chi connectivity index (χ4v) is 1.83. The lowest BCUT2D eigenvalue weighted by Crippen LogP contribution is -2.36. The molecule has 1 atom stereocenters. The van der Waals surface area contributed by atoms with Gasteiger partial charge < -0.3 is 16.1 Å². The summed E-state index contributed by atoms with van der Waals surface area (Å²) in [7, 11) is 0. The summed E-state index contributed by atoms with van der Waals surface area (Å²) in [6.07, 6.45) is 1.76. The highest BCUT2D eigenvalue weighted by atomic mass is 16.2. The maximum absolute atomic E-state index is 12.0. The van der Waals surface area contributed by atoms with Crippen molar-refractivity contribution in [1.82, 2.24) is 15.6 Å². The number of nitrogens with zero attached hydrogens (tertiary/aromatic N) is 1. The molecule has 18 heavy (non-hydrogen) atoms. The Hall–Kier alpha value is -2.15. The van der Waals surface area contributed by atoms with Gasteiger partial charge in [0.15, 0.2) is 0 Å². The van der Waals surface area contributed by atoms with Gasteiger partial charge >= 0.3 is 0 Å². The minimum atomic E-state index is -0.294. The molecule has 1 aromatic heterocycles. The molecule has 1 unspecified atom stereocenters. The number of hydrazine groups is 1. The maximum Gasteiger partial charge on any atom is 0.255 e. The Morgan fingerprint density at radius 3 is 3.00 bits per heavy atom. The van der Waals surface area contributed by atoms with Crippen LogP contribution in [0.2, 0.25) is 0 Å². The summed E-state index contributed by atoms with van der Waals surface area (Å²) in [6, 6.07) is 1.50. The summed E-state index contributed by atoms with van der Waals surface area (Å²) in [4.78, 5) is 27.1. The van der Waals surface area contributed by atoms with Crippen LogP contribution in [0.4, 0.5) is 5.69 Å². The first-order chi connectivity index (χ1) is 8.60. The van der Waals surface area contributed by atoms with Gasteiger partial charge in [-0.3, -0.25) is 20.4 Å². The number of nitrogen functional groups attached to an aromatic ring is 1. The van der Waals surface area contributed by atoms with Crippen LogP contribution in [-0.4, -0.2) is 29.4 Å². The van der Waals surface area contributed by atoms with E-state index in [0.29, 0.717) is 24.2 Å². The van der Waals surface area contributed by atoms with Gasteiger partial charge in [-0.25, -0.2) is 0 Å². The van der Waals surface area contributed by atoms with E-state index in [4.69, 9.17) is 5.84 Å². The number of hydrogen-bond donors (Lipinski definition) is 4. The lowest BCUT2D eigenvalue weighted by atomic mass is 10.1. The second-order valence-corrected chi connectivity index (χ2v) is 4.19. The molecule has 0 aliphatic carbocycles. The average Bonchev–Trinajstić information content (AvgIpc) is 2.74. The molecule has 7 nitrogen and oxygen atoms in total. The van der Waals surface area contributed by atoms with E-state index in [1.807, 2.05) is 6.92 Å². The van der Waals surface area contributed by atoms with Crippen molar-refractivity contribution in [2.24, 2.45) is 5.84 Å². The number of pyridine rings is 1. The third-order valence-corrected chi connectivity index (χ3v) is 2.75. The molecule has 1 aromatic rings. The molecule has 0 saturated carbocycles. The molecular formula is C11H15N5O2. The minimum absolute atomic E-state index is 0.0560. The van der Waals surface area contributed by atoms with Gasteiger partial charge in [0.25, 0.3) is 5.91 Å². The average molecular weight is 249 g/mol. The Balaban J connectivity index is 2.11. The summed E-state index contributed by atoms with van der Waals surface area (Å²) in [5.74, 6) is 5.01. The van der Waals surface area contributed by atoms with Crippen LogP contribution < -0.4 is 21.9 Å². The minimum Gasteiger partial charge on any atom is -0.354 e. The van der Waals surface area contributed by atoms with Gasteiger partial charge in [-0.15, -0.1) is 0 Å². The lowest BCUT2D eigenvalue weighted by Gasteiger charge is -2.13. The highest BCUT2D eigenvalue weighted by Gasteiger charge is 2.24. The predicted molar refractivity (Wildman–Crippen MR) is 65.7 cm³/mol. The summed E-state index contributed by atoms with van der Waals surface area (Å²) in [5, 5.41) is 5.42. The topological polar surface area (TPSA) is 109 Å². The molecule has 0 aromatic carbocycles. The van der Waals surface area contributed by atoms with Gasteiger partial charge in [-0.05, 0) is 13.0 Å². The molecular weight excluding hydrogens is 234 g/mol. The van der Waals surface area contributed by atoms with Crippen LogP contribution in [0.25, 0.3) is 0 Å². The third-order valence-electron chi connectivity index (χ3n) is 2.75. The Morgan fingerprint density at radius 2 is 2.39 bits per heavy atom. The van der Waals surface area contributed by atoms with Gasteiger partial charge in [0, 0.05) is 24.9 Å². The van der Waals surface area contributed by atoms with Crippen molar-refractivity contribution in [3.63, 3.8) is 0 Å². The van der Waals surface area contributed by atoms with Crippen molar-refractivity contribution in [3.05, 3.63) is 23.5 Å². The maximum atomic E-state index is 12.0. The monoisotopic (exact) mass is 249 g/mol. The molecule has 2 amide bonds. The van der Waals surface area contributed by atoms with Gasteiger partial charge in [0.2, 0.25) is 5.91 Å². The lowest BCUT2D eigenvalue weighted by molar-refractivity contribution is -0.119. The molecule has 1 fully saturated rings. The molecule has 0 spiro atoms. The number of hydrogen-bond acceptors (Lipinski definition) is 5. The van der Waals surface area contributed by atoms with E-state index < -0.39 is 0 Å². The Labute approximate surface area is 104 Å². The Morgan fingerprint density at radius 1 is 1.61 bits per heavy atom. The van der Waals surface area contributed by atoms with Gasteiger partial charge in [0.1, 0.15) is 0 Å². The molecule has 0 radical (unpaired) electrons. The molecule has 0 bridgehead atoms. The standard InChI is InChI=1S/C11H15N5O2/c1-6-2-9(16-12)8(5-13-6)11(18)15-7-3-10(17)14-4-7/h2,5,7H,3-4,12H2,1H3,(H,13,16)(H,14,17)(H,15,18). The van der Waals surface area contributed by atoms with Crippen LogP contribution in [0.5, 0.6) is 0 Å². The smallest absolute Gasteiger partial charge is 0.255 e. The summed E-state index contributed by atoms with van der Waals surface area (Å²) < 4.78 is 0. The van der Waals surface area contributed by atoms with Gasteiger partial charge in [-0.2, -0.15) is 0 Å². The fourth-order valence-electron chi connectivity index (χ4n) is 1.83. The van der Waals surface area contributed by atoms with E-state index in [0.717, 1.165) is 5.69 Å². The third kappa shape index (κ3) is 2.57. The first-order valence-corrected chi connectivity index (χ1v) is 5.61. The van der Waals surface area contributed by atoms with Crippen LogP contribution in [0.3, 0.4) is 0 Å². The van der Waals surface area contributed by atoms with E-state index >= 15 is 0 Å². The first-order valence-electron chi connectivity index (χ1n) is 5.61. The predicted octanol–water partition coefficient (Wildman–Crippen LogP) is -0.706. The Kier molecular flexibility index (Phi) is 3.42. The zero-order chi connectivity index (χ0) is 13.1. The number of aromatic nitrogens is 1. The van der Waals surface area contributed by atoms with Crippen molar-refractivity contribution in [2.75, 3.05) is 12.0 Å². The second-order valence-electron chi connectivity index (χ2n) is 4.19. The highest BCUT2D eigenvalue weighted by molar-refractivity contribution is 5.99. The first kappa shape index (κ1) is 12.3. The zero-order valence-electron chi connectivity index (χ0n) is 9.99. The van der Waals surface area contributed by atoms with Gasteiger partial charge in [-0.1, -0.05) is 0 Å². The van der Waals surface area contributed by atoms with Gasteiger partial charge in [0.05, 0.1) is 17.3 Å². The van der Waals surface area contributed by atoms with Crippen LogP contribution >= 0.6 is 0 Å². The number of anilines is 1. The van der Waals surface area contributed by atoms with Crippen molar-refractivity contribution in [1.29, 1.82) is 0 Å². The number of amides is 2. The van der Waals surface area contributed by atoms with E-state index in [-0.39, 0.29) is 17.9 Å². The van der Waals surface area contributed by atoms with Crippen molar-refractivity contribution < 1.29 is 9.59 Å². The number of carbonyl (C=O) groups is 2. The van der Waals surface area contributed by atoms with Crippen molar-refractivity contribution in [2.45, 2.75) is 19.4 Å². The molecule has 96 valence electrons.